The molecule has 0 heterocycles. The van der Waals surface area contributed by atoms with Crippen LogP contribution in [0.5, 0.6) is 5.75 Å². The molecular formula is C24H26N2O4S. The summed E-state index contributed by atoms with van der Waals surface area (Å²) in [5.41, 5.74) is 2.08. The summed E-state index contributed by atoms with van der Waals surface area (Å²) in [6.45, 7) is 2.23. The third-order valence-electron chi connectivity index (χ3n) is 4.71. The number of rotatable bonds is 9. The van der Waals surface area contributed by atoms with Crippen molar-refractivity contribution < 1.29 is 17.9 Å². The molecule has 0 aliphatic rings. The van der Waals surface area contributed by atoms with E-state index in [2.05, 4.69) is 5.32 Å². The van der Waals surface area contributed by atoms with Crippen molar-refractivity contribution in [1.82, 2.24) is 0 Å². The number of anilines is 2. The molecule has 0 aliphatic heterocycles. The third-order valence-corrected chi connectivity index (χ3v) is 5.89. The second kappa shape index (κ2) is 10.1. The molecule has 162 valence electrons. The zero-order valence-corrected chi connectivity index (χ0v) is 18.4. The molecule has 31 heavy (non-hydrogen) atoms. The maximum absolute atomic E-state index is 13.0. The summed E-state index contributed by atoms with van der Waals surface area (Å²) in [5.74, 6) is 0.283. The van der Waals surface area contributed by atoms with E-state index in [1.165, 1.54) is 4.31 Å². The van der Waals surface area contributed by atoms with Gasteiger partial charge >= 0.3 is 0 Å². The summed E-state index contributed by atoms with van der Waals surface area (Å²) in [7, 11) is -3.65. The van der Waals surface area contributed by atoms with Gasteiger partial charge in [-0.1, -0.05) is 55.5 Å². The second-order valence-electron chi connectivity index (χ2n) is 7.11. The van der Waals surface area contributed by atoms with Crippen molar-refractivity contribution >= 4 is 27.3 Å². The highest BCUT2D eigenvalue weighted by molar-refractivity contribution is 7.92. The van der Waals surface area contributed by atoms with Gasteiger partial charge in [0.25, 0.3) is 0 Å². The summed E-state index contributed by atoms with van der Waals surface area (Å²) in [6.07, 6.45) is 1.43. The number of hydrogen-bond donors (Lipinski definition) is 1. The molecular weight excluding hydrogens is 412 g/mol. The Kier molecular flexibility index (Phi) is 7.31. The molecule has 0 aromatic heterocycles. The molecule has 3 aromatic rings. The van der Waals surface area contributed by atoms with Gasteiger partial charge in [-0.3, -0.25) is 9.10 Å². The molecule has 0 radical (unpaired) electrons. The lowest BCUT2D eigenvalue weighted by Gasteiger charge is -2.30. The number of amides is 1. The van der Waals surface area contributed by atoms with E-state index in [0.717, 1.165) is 11.8 Å². The van der Waals surface area contributed by atoms with Crippen LogP contribution >= 0.6 is 0 Å². The first-order chi connectivity index (χ1) is 14.9. The Bertz CT molecular complexity index is 1090. The number of ether oxygens (including phenoxy) is 1. The summed E-state index contributed by atoms with van der Waals surface area (Å²) >= 11 is 0. The van der Waals surface area contributed by atoms with Gasteiger partial charge in [0.15, 0.2) is 0 Å². The highest BCUT2D eigenvalue weighted by Gasteiger charge is 2.31. The van der Waals surface area contributed by atoms with Gasteiger partial charge in [0, 0.05) is 5.69 Å². The molecule has 1 unspecified atom stereocenters. The summed E-state index contributed by atoms with van der Waals surface area (Å²) in [6, 6.07) is 24.6. The molecule has 1 N–H and O–H groups in total. The lowest BCUT2D eigenvalue weighted by atomic mass is 10.2. The van der Waals surface area contributed by atoms with Gasteiger partial charge < -0.3 is 10.1 Å². The first-order valence-corrected chi connectivity index (χ1v) is 11.9. The summed E-state index contributed by atoms with van der Waals surface area (Å²) in [5, 5.41) is 2.82. The van der Waals surface area contributed by atoms with Crippen LogP contribution in [0.2, 0.25) is 0 Å². The van der Waals surface area contributed by atoms with Crippen LogP contribution < -0.4 is 14.4 Å². The van der Waals surface area contributed by atoms with Crippen molar-refractivity contribution in [2.75, 3.05) is 15.9 Å². The minimum atomic E-state index is -3.65. The predicted molar refractivity (Wildman–Crippen MR) is 124 cm³/mol. The molecule has 0 spiro atoms. The van der Waals surface area contributed by atoms with E-state index in [1.54, 1.807) is 61.5 Å². The van der Waals surface area contributed by atoms with E-state index < -0.39 is 22.0 Å². The lowest BCUT2D eigenvalue weighted by Crippen LogP contribution is -2.46. The normalized spacial score (nSPS) is 12.1. The van der Waals surface area contributed by atoms with Crippen LogP contribution in [0.15, 0.2) is 84.9 Å². The van der Waals surface area contributed by atoms with Gasteiger partial charge in [-0.05, 0) is 48.4 Å². The van der Waals surface area contributed by atoms with Crippen molar-refractivity contribution in [1.29, 1.82) is 0 Å². The topological polar surface area (TPSA) is 75.7 Å². The van der Waals surface area contributed by atoms with E-state index in [0.29, 0.717) is 30.2 Å². The minimum absolute atomic E-state index is 0.325. The van der Waals surface area contributed by atoms with Crippen LogP contribution in [-0.4, -0.2) is 26.6 Å². The minimum Gasteiger partial charge on any atom is -0.489 e. The highest BCUT2D eigenvalue weighted by atomic mass is 32.2. The Morgan fingerprint density at radius 1 is 0.935 bits per heavy atom. The molecule has 0 saturated carbocycles. The SMILES string of the molecule is CCC(C(=O)Nc1ccc(OCc2ccccc2)cc1)N(c1ccccc1)S(C)(=O)=O. The van der Waals surface area contributed by atoms with Crippen LogP contribution in [0.1, 0.15) is 18.9 Å². The number of nitrogens with one attached hydrogen (secondary N) is 1. The fraction of sp³-hybridized carbons (Fsp3) is 0.208. The molecule has 7 heteroatoms. The van der Waals surface area contributed by atoms with Crippen LogP contribution in [0, 0.1) is 0 Å². The Morgan fingerprint density at radius 3 is 2.06 bits per heavy atom. The van der Waals surface area contributed by atoms with E-state index in [4.69, 9.17) is 4.74 Å². The van der Waals surface area contributed by atoms with Gasteiger partial charge in [0.1, 0.15) is 18.4 Å². The monoisotopic (exact) mass is 438 g/mol. The van der Waals surface area contributed by atoms with Crippen LogP contribution in [0.4, 0.5) is 11.4 Å². The fourth-order valence-corrected chi connectivity index (χ4v) is 4.45. The van der Waals surface area contributed by atoms with Crippen molar-refractivity contribution in [2.24, 2.45) is 0 Å². The van der Waals surface area contributed by atoms with Gasteiger partial charge in [-0.25, -0.2) is 8.42 Å². The quantitative estimate of drug-likeness (QED) is 0.536. The Morgan fingerprint density at radius 2 is 1.52 bits per heavy atom. The Hall–Kier alpha value is -3.32. The second-order valence-corrected chi connectivity index (χ2v) is 8.97. The highest BCUT2D eigenvalue weighted by Crippen LogP contribution is 2.23. The molecule has 1 amide bonds. The van der Waals surface area contributed by atoms with Crippen molar-refractivity contribution in [3.05, 3.63) is 90.5 Å². The van der Waals surface area contributed by atoms with Crippen LogP contribution in [0.3, 0.4) is 0 Å². The van der Waals surface area contributed by atoms with E-state index in [-0.39, 0.29) is 0 Å². The average molecular weight is 439 g/mol. The van der Waals surface area contributed by atoms with Gasteiger partial charge in [0.2, 0.25) is 15.9 Å². The van der Waals surface area contributed by atoms with E-state index in [1.807, 2.05) is 30.3 Å². The number of nitrogens with zero attached hydrogens (tertiary/aromatic N) is 1. The maximum atomic E-state index is 13.0. The Labute approximate surface area is 183 Å². The smallest absolute Gasteiger partial charge is 0.248 e. The lowest BCUT2D eigenvalue weighted by molar-refractivity contribution is -0.117. The Balaban J connectivity index is 1.69. The molecule has 0 saturated heterocycles. The van der Waals surface area contributed by atoms with Crippen LogP contribution in [0.25, 0.3) is 0 Å². The van der Waals surface area contributed by atoms with Gasteiger partial charge in [-0.2, -0.15) is 0 Å². The summed E-state index contributed by atoms with van der Waals surface area (Å²) < 4.78 is 31.8. The maximum Gasteiger partial charge on any atom is 0.248 e. The molecule has 0 fully saturated rings. The van der Waals surface area contributed by atoms with Gasteiger partial charge in [-0.15, -0.1) is 0 Å². The van der Waals surface area contributed by atoms with E-state index in [9.17, 15) is 13.2 Å². The molecule has 3 aromatic carbocycles. The first kappa shape index (κ1) is 22.4. The number of benzene rings is 3. The van der Waals surface area contributed by atoms with Crippen LogP contribution in [-0.2, 0) is 21.4 Å². The standard InChI is InChI=1S/C24H26N2O4S/c1-3-23(26(31(2,28)29)21-12-8-5-9-13-21)24(27)25-20-14-16-22(17-15-20)30-18-19-10-6-4-7-11-19/h4-17,23H,3,18H2,1-2H3,(H,25,27). The molecule has 1 atom stereocenters. The molecule has 0 bridgehead atoms. The first-order valence-electron chi connectivity index (χ1n) is 10.0. The van der Waals surface area contributed by atoms with Gasteiger partial charge in [0.05, 0.1) is 11.9 Å². The molecule has 6 nitrogen and oxygen atoms in total. The predicted octanol–water partition coefficient (Wildman–Crippen LogP) is 4.45. The zero-order valence-electron chi connectivity index (χ0n) is 17.6. The van der Waals surface area contributed by atoms with Crippen molar-refractivity contribution in [2.45, 2.75) is 26.0 Å². The molecule has 0 aliphatic carbocycles. The number of sulfonamides is 1. The number of hydrogen-bond acceptors (Lipinski definition) is 4. The fourth-order valence-electron chi connectivity index (χ4n) is 3.24. The zero-order chi connectivity index (χ0) is 22.3. The van der Waals surface area contributed by atoms with Crippen molar-refractivity contribution in [3.8, 4) is 5.75 Å². The van der Waals surface area contributed by atoms with E-state index >= 15 is 0 Å². The number of para-hydroxylation sites is 1. The number of carbonyl (C=O) groups excluding carboxylic acids is 1. The third kappa shape index (κ3) is 6.08. The van der Waals surface area contributed by atoms with Crippen molar-refractivity contribution in [3.63, 3.8) is 0 Å². The number of carbonyl (C=O) groups is 1. The largest absolute Gasteiger partial charge is 0.489 e. The average Bonchev–Trinajstić information content (AvgIpc) is 2.77. The molecule has 3 rings (SSSR count). The summed E-state index contributed by atoms with van der Waals surface area (Å²) in [4.78, 5) is 13.0.